The summed E-state index contributed by atoms with van der Waals surface area (Å²) in [5.74, 6) is -0.813. The van der Waals surface area contributed by atoms with Gasteiger partial charge < -0.3 is 10.6 Å². The second-order valence-electron chi connectivity index (χ2n) is 6.07. The molecule has 2 N–H and O–H groups in total. The maximum atomic E-state index is 13.8. The van der Waals surface area contributed by atoms with Crippen molar-refractivity contribution in [3.05, 3.63) is 53.8 Å². The third-order valence-corrected chi connectivity index (χ3v) is 4.79. The zero-order valence-electron chi connectivity index (χ0n) is 14.3. The van der Waals surface area contributed by atoms with Crippen molar-refractivity contribution >= 4 is 27.1 Å². The maximum absolute atomic E-state index is 13.8. The monoisotopic (exact) mass is 364 g/mol. The van der Waals surface area contributed by atoms with Crippen molar-refractivity contribution in [1.82, 2.24) is 0 Å². The number of carbonyl (C=O) groups excluding carboxylic acids is 1. The highest BCUT2D eigenvalue weighted by atomic mass is 32.2. The average Bonchev–Trinajstić information content (AvgIpc) is 2.52. The van der Waals surface area contributed by atoms with Crippen LogP contribution >= 0.6 is 0 Å². The lowest BCUT2D eigenvalue weighted by molar-refractivity contribution is -0.114. The lowest BCUT2D eigenvalue weighted by atomic mass is 10.0. The summed E-state index contributed by atoms with van der Waals surface area (Å²) in [4.78, 5) is 11.6. The van der Waals surface area contributed by atoms with Crippen LogP contribution in [0.2, 0.25) is 0 Å². The van der Waals surface area contributed by atoms with Crippen molar-refractivity contribution in [3.63, 3.8) is 0 Å². The number of halogens is 1. The molecule has 2 rings (SSSR count). The number of anilines is 2. The van der Waals surface area contributed by atoms with Crippen molar-refractivity contribution in [2.45, 2.75) is 24.7 Å². The van der Waals surface area contributed by atoms with E-state index in [4.69, 9.17) is 0 Å². The number of nitrogens with one attached hydrogen (secondary N) is 2. The fourth-order valence-corrected chi connectivity index (χ4v) is 3.32. The number of rotatable bonds is 6. The lowest BCUT2D eigenvalue weighted by Crippen LogP contribution is -2.22. The Balaban J connectivity index is 2.05. The molecule has 0 heterocycles. The Labute approximate surface area is 147 Å². The predicted molar refractivity (Wildman–Crippen MR) is 97.2 cm³/mol. The highest BCUT2D eigenvalue weighted by molar-refractivity contribution is 7.90. The lowest BCUT2D eigenvalue weighted by Gasteiger charge is -2.12. The summed E-state index contributed by atoms with van der Waals surface area (Å²) in [5, 5.41) is 5.39. The van der Waals surface area contributed by atoms with E-state index in [-0.39, 0.29) is 18.1 Å². The van der Waals surface area contributed by atoms with E-state index in [9.17, 15) is 17.6 Å². The molecule has 0 unspecified atom stereocenters. The molecule has 0 aliphatic rings. The molecule has 0 saturated heterocycles. The zero-order valence-corrected chi connectivity index (χ0v) is 15.2. The van der Waals surface area contributed by atoms with Gasteiger partial charge >= 0.3 is 0 Å². The molecule has 0 aromatic heterocycles. The molecular weight excluding hydrogens is 343 g/mol. The number of carbonyl (C=O) groups is 1. The third kappa shape index (κ3) is 5.03. The van der Waals surface area contributed by atoms with Gasteiger partial charge in [0.1, 0.15) is 10.7 Å². The van der Waals surface area contributed by atoms with E-state index in [0.717, 1.165) is 17.9 Å². The van der Waals surface area contributed by atoms with E-state index in [1.54, 1.807) is 12.1 Å². The number of amides is 1. The van der Waals surface area contributed by atoms with Crippen molar-refractivity contribution in [2.75, 3.05) is 23.4 Å². The number of sulfone groups is 1. The minimum absolute atomic E-state index is 0.0628. The van der Waals surface area contributed by atoms with Crippen molar-refractivity contribution < 1.29 is 17.6 Å². The van der Waals surface area contributed by atoms with Crippen LogP contribution in [-0.2, 0) is 14.6 Å². The molecule has 7 heteroatoms. The van der Waals surface area contributed by atoms with Gasteiger partial charge in [0.05, 0.1) is 12.2 Å². The smallest absolute Gasteiger partial charge is 0.243 e. The van der Waals surface area contributed by atoms with E-state index in [1.807, 2.05) is 12.1 Å². The van der Waals surface area contributed by atoms with Gasteiger partial charge in [0.25, 0.3) is 0 Å². The second-order valence-corrected chi connectivity index (χ2v) is 8.02. The summed E-state index contributed by atoms with van der Waals surface area (Å²) < 4.78 is 37.2. The van der Waals surface area contributed by atoms with E-state index < -0.39 is 20.5 Å². The van der Waals surface area contributed by atoms with Gasteiger partial charge in [0.2, 0.25) is 5.91 Å². The van der Waals surface area contributed by atoms with E-state index in [1.165, 1.54) is 12.1 Å². The van der Waals surface area contributed by atoms with Crippen LogP contribution in [0, 0.1) is 5.82 Å². The van der Waals surface area contributed by atoms with E-state index in [2.05, 4.69) is 24.5 Å². The Bertz CT molecular complexity index is 862. The first-order chi connectivity index (χ1) is 11.7. The van der Waals surface area contributed by atoms with Crippen LogP contribution in [0.1, 0.15) is 25.3 Å². The fraction of sp³-hybridized carbons (Fsp3) is 0.278. The van der Waals surface area contributed by atoms with Crippen LogP contribution in [0.5, 0.6) is 0 Å². The SMILES string of the molecule is CC(C)c1ccc(NC(=O)CNc2cccc(F)c2S(C)(=O)=O)cc1. The zero-order chi connectivity index (χ0) is 18.6. The summed E-state index contributed by atoms with van der Waals surface area (Å²) >= 11 is 0. The van der Waals surface area contributed by atoms with Gasteiger partial charge in [0.15, 0.2) is 9.84 Å². The molecule has 5 nitrogen and oxygen atoms in total. The number of hydrogen-bond donors (Lipinski definition) is 2. The third-order valence-electron chi connectivity index (χ3n) is 3.64. The molecule has 2 aromatic rings. The Morgan fingerprint density at radius 3 is 2.32 bits per heavy atom. The molecule has 2 aromatic carbocycles. The average molecular weight is 364 g/mol. The van der Waals surface area contributed by atoms with Gasteiger partial charge in [-0.05, 0) is 35.7 Å². The van der Waals surface area contributed by atoms with E-state index >= 15 is 0 Å². The highest BCUT2D eigenvalue weighted by Crippen LogP contribution is 2.24. The molecule has 0 saturated carbocycles. The highest BCUT2D eigenvalue weighted by Gasteiger charge is 2.19. The van der Waals surface area contributed by atoms with Crippen molar-refractivity contribution in [1.29, 1.82) is 0 Å². The normalized spacial score (nSPS) is 11.4. The van der Waals surface area contributed by atoms with Crippen LogP contribution in [-0.4, -0.2) is 27.1 Å². The molecule has 0 aliphatic carbocycles. The van der Waals surface area contributed by atoms with Gasteiger partial charge in [-0.1, -0.05) is 32.0 Å². The van der Waals surface area contributed by atoms with Gasteiger partial charge in [0, 0.05) is 11.9 Å². The van der Waals surface area contributed by atoms with Crippen molar-refractivity contribution in [2.24, 2.45) is 0 Å². The van der Waals surface area contributed by atoms with Gasteiger partial charge in [-0.25, -0.2) is 12.8 Å². The topological polar surface area (TPSA) is 75.3 Å². The second kappa shape index (κ2) is 7.65. The molecule has 0 atom stereocenters. The summed E-state index contributed by atoms with van der Waals surface area (Å²) in [6.45, 7) is 3.98. The first-order valence-electron chi connectivity index (χ1n) is 7.80. The van der Waals surface area contributed by atoms with Gasteiger partial charge in [-0.2, -0.15) is 0 Å². The minimum Gasteiger partial charge on any atom is -0.375 e. The van der Waals surface area contributed by atoms with Crippen LogP contribution in [0.25, 0.3) is 0 Å². The molecule has 25 heavy (non-hydrogen) atoms. The molecule has 0 spiro atoms. The Morgan fingerprint density at radius 1 is 1.12 bits per heavy atom. The number of hydrogen-bond acceptors (Lipinski definition) is 4. The first kappa shape index (κ1) is 18.9. The molecule has 0 aliphatic heterocycles. The Morgan fingerprint density at radius 2 is 1.76 bits per heavy atom. The Kier molecular flexibility index (Phi) is 5.79. The first-order valence-corrected chi connectivity index (χ1v) is 9.70. The van der Waals surface area contributed by atoms with Crippen LogP contribution in [0.4, 0.5) is 15.8 Å². The standard InChI is InChI=1S/C18H21FN2O3S/c1-12(2)13-7-9-14(10-8-13)21-17(22)11-20-16-6-4-5-15(19)18(16)25(3,23)24/h4-10,12,20H,11H2,1-3H3,(H,21,22). The summed E-state index contributed by atoms with van der Waals surface area (Å²) in [5.41, 5.74) is 1.86. The fourth-order valence-electron chi connectivity index (χ4n) is 2.36. The summed E-state index contributed by atoms with van der Waals surface area (Å²) in [6, 6.07) is 11.3. The largest absolute Gasteiger partial charge is 0.375 e. The van der Waals surface area contributed by atoms with Crippen molar-refractivity contribution in [3.8, 4) is 0 Å². The molecule has 134 valence electrons. The Hall–Kier alpha value is -2.41. The minimum atomic E-state index is -3.75. The van der Waals surface area contributed by atoms with Gasteiger partial charge in [-0.15, -0.1) is 0 Å². The molecular formula is C18H21FN2O3S. The molecule has 0 fully saturated rings. The predicted octanol–water partition coefficient (Wildman–Crippen LogP) is 3.40. The van der Waals surface area contributed by atoms with Gasteiger partial charge in [-0.3, -0.25) is 4.79 Å². The van der Waals surface area contributed by atoms with E-state index in [0.29, 0.717) is 11.6 Å². The summed E-state index contributed by atoms with van der Waals surface area (Å²) in [6.07, 6.45) is 0.924. The quantitative estimate of drug-likeness (QED) is 0.824. The molecule has 0 bridgehead atoms. The van der Waals surface area contributed by atoms with Crippen LogP contribution in [0.3, 0.4) is 0 Å². The number of benzene rings is 2. The van der Waals surface area contributed by atoms with Crippen LogP contribution < -0.4 is 10.6 Å². The van der Waals surface area contributed by atoms with Crippen LogP contribution in [0.15, 0.2) is 47.4 Å². The molecule has 0 radical (unpaired) electrons. The molecule has 1 amide bonds. The summed E-state index contributed by atoms with van der Waals surface area (Å²) in [7, 11) is -3.75. The maximum Gasteiger partial charge on any atom is 0.243 e.